The molecule has 0 amide bonds. The van der Waals surface area contributed by atoms with Crippen LogP contribution in [0.4, 0.5) is 5.69 Å². The van der Waals surface area contributed by atoms with Crippen LogP contribution >= 0.6 is 0 Å². The first-order valence-electron chi connectivity index (χ1n) is 8.75. The van der Waals surface area contributed by atoms with E-state index >= 15 is 0 Å². The zero-order chi connectivity index (χ0) is 17.1. The van der Waals surface area contributed by atoms with E-state index < -0.39 is 0 Å². The van der Waals surface area contributed by atoms with Crippen molar-refractivity contribution in [1.29, 1.82) is 0 Å². The summed E-state index contributed by atoms with van der Waals surface area (Å²) >= 11 is 0. The number of aromatic nitrogens is 2. The Kier molecular flexibility index (Phi) is 4.88. The third kappa shape index (κ3) is 3.61. The zero-order valence-corrected chi connectivity index (χ0v) is 14.8. The molecule has 0 radical (unpaired) electrons. The molecule has 5 heteroatoms. The lowest BCUT2D eigenvalue weighted by Crippen LogP contribution is -2.23. The maximum Gasteiger partial charge on any atom is 0.193 e. The molecule has 0 saturated carbocycles. The van der Waals surface area contributed by atoms with Crippen LogP contribution in [0.15, 0.2) is 29.3 Å². The van der Waals surface area contributed by atoms with E-state index in [-0.39, 0.29) is 0 Å². The molecular weight excluding hydrogens is 298 g/mol. The van der Waals surface area contributed by atoms with Gasteiger partial charge >= 0.3 is 0 Å². The Bertz CT molecular complexity index is 742. The third-order valence-electron chi connectivity index (χ3n) is 4.67. The predicted octanol–water partition coefficient (Wildman–Crippen LogP) is 3.35. The fourth-order valence-electron chi connectivity index (χ4n) is 3.27. The SMILES string of the molecule is CC(C)c1cccc(NC(N)=NCc2c3c(nn2C)CCCC3)c1. The van der Waals surface area contributed by atoms with E-state index in [9.17, 15) is 0 Å². The van der Waals surface area contributed by atoms with Gasteiger partial charge in [0, 0.05) is 12.7 Å². The number of aryl methyl sites for hydroxylation is 2. The van der Waals surface area contributed by atoms with E-state index in [4.69, 9.17) is 5.73 Å². The highest BCUT2D eigenvalue weighted by Crippen LogP contribution is 2.24. The molecule has 1 heterocycles. The first-order chi connectivity index (χ1) is 11.5. The average molecular weight is 325 g/mol. The van der Waals surface area contributed by atoms with Crippen LogP contribution in [0.25, 0.3) is 0 Å². The molecule has 3 N–H and O–H groups in total. The Balaban J connectivity index is 1.71. The number of nitrogens with one attached hydrogen (secondary N) is 1. The number of guanidine groups is 1. The molecule has 0 spiro atoms. The molecule has 3 rings (SSSR count). The van der Waals surface area contributed by atoms with E-state index in [2.05, 4.69) is 41.4 Å². The summed E-state index contributed by atoms with van der Waals surface area (Å²) in [5.74, 6) is 0.938. The van der Waals surface area contributed by atoms with Crippen molar-refractivity contribution in [1.82, 2.24) is 9.78 Å². The first kappa shape index (κ1) is 16.6. The summed E-state index contributed by atoms with van der Waals surface area (Å²) in [6, 6.07) is 8.31. The molecule has 0 atom stereocenters. The predicted molar refractivity (Wildman–Crippen MR) is 99.3 cm³/mol. The van der Waals surface area contributed by atoms with Gasteiger partial charge in [-0.05, 0) is 54.9 Å². The lowest BCUT2D eigenvalue weighted by Gasteiger charge is -2.11. The quantitative estimate of drug-likeness (QED) is 0.669. The van der Waals surface area contributed by atoms with Crippen molar-refractivity contribution >= 4 is 11.6 Å². The number of fused-ring (bicyclic) bond motifs is 1. The number of hydrogen-bond donors (Lipinski definition) is 2. The summed E-state index contributed by atoms with van der Waals surface area (Å²) in [5.41, 5.74) is 12.2. The van der Waals surface area contributed by atoms with E-state index in [1.807, 2.05) is 23.9 Å². The molecule has 24 heavy (non-hydrogen) atoms. The van der Waals surface area contributed by atoms with Crippen LogP contribution in [-0.4, -0.2) is 15.7 Å². The Hall–Kier alpha value is -2.30. The highest BCUT2D eigenvalue weighted by Gasteiger charge is 2.18. The Labute approximate surface area is 144 Å². The van der Waals surface area contributed by atoms with Gasteiger partial charge in [-0.3, -0.25) is 4.68 Å². The maximum absolute atomic E-state index is 6.08. The largest absolute Gasteiger partial charge is 0.370 e. The molecule has 128 valence electrons. The molecule has 0 bridgehead atoms. The second-order valence-electron chi connectivity index (χ2n) is 6.81. The molecule has 1 aliphatic carbocycles. The number of hydrogen-bond acceptors (Lipinski definition) is 2. The molecule has 1 aromatic carbocycles. The highest BCUT2D eigenvalue weighted by atomic mass is 15.3. The van der Waals surface area contributed by atoms with Crippen molar-refractivity contribution in [3.63, 3.8) is 0 Å². The van der Waals surface area contributed by atoms with Gasteiger partial charge in [0.05, 0.1) is 17.9 Å². The van der Waals surface area contributed by atoms with Crippen LogP contribution < -0.4 is 11.1 Å². The lowest BCUT2D eigenvalue weighted by molar-refractivity contribution is 0.663. The Morgan fingerprint density at radius 1 is 1.33 bits per heavy atom. The van der Waals surface area contributed by atoms with Crippen LogP contribution in [0.5, 0.6) is 0 Å². The van der Waals surface area contributed by atoms with Gasteiger partial charge in [0.15, 0.2) is 5.96 Å². The van der Waals surface area contributed by atoms with Crippen molar-refractivity contribution in [3.8, 4) is 0 Å². The van der Waals surface area contributed by atoms with E-state index in [1.165, 1.54) is 35.4 Å². The second kappa shape index (κ2) is 7.07. The normalized spacial score (nSPS) is 14.8. The van der Waals surface area contributed by atoms with Gasteiger partial charge in [-0.25, -0.2) is 4.99 Å². The zero-order valence-electron chi connectivity index (χ0n) is 14.8. The van der Waals surface area contributed by atoms with Gasteiger partial charge in [0.25, 0.3) is 0 Å². The van der Waals surface area contributed by atoms with Crippen LogP contribution in [0.3, 0.4) is 0 Å². The highest BCUT2D eigenvalue weighted by molar-refractivity contribution is 5.92. The van der Waals surface area contributed by atoms with Gasteiger partial charge < -0.3 is 11.1 Å². The van der Waals surface area contributed by atoms with Gasteiger partial charge in [-0.2, -0.15) is 5.10 Å². The van der Waals surface area contributed by atoms with Crippen molar-refractivity contribution < 1.29 is 0 Å². The molecule has 0 fully saturated rings. The summed E-state index contributed by atoms with van der Waals surface area (Å²) in [7, 11) is 2.00. The molecule has 2 aromatic rings. The molecule has 1 aromatic heterocycles. The number of nitrogens with two attached hydrogens (primary N) is 1. The second-order valence-corrected chi connectivity index (χ2v) is 6.81. The fourth-order valence-corrected chi connectivity index (χ4v) is 3.27. The fraction of sp³-hybridized carbons (Fsp3) is 0.474. The van der Waals surface area contributed by atoms with Crippen LogP contribution in [0.1, 0.15) is 55.1 Å². The molecule has 0 saturated heterocycles. The van der Waals surface area contributed by atoms with Crippen LogP contribution in [0.2, 0.25) is 0 Å². The van der Waals surface area contributed by atoms with Gasteiger partial charge in [0.1, 0.15) is 0 Å². The molecule has 1 aliphatic rings. The summed E-state index contributed by atoms with van der Waals surface area (Å²) in [5, 5.41) is 7.83. The summed E-state index contributed by atoms with van der Waals surface area (Å²) in [6.45, 7) is 4.94. The smallest absolute Gasteiger partial charge is 0.193 e. The van der Waals surface area contributed by atoms with E-state index in [0.29, 0.717) is 18.4 Å². The van der Waals surface area contributed by atoms with Crippen LogP contribution in [-0.2, 0) is 26.4 Å². The van der Waals surface area contributed by atoms with Gasteiger partial charge in [-0.1, -0.05) is 26.0 Å². The van der Waals surface area contributed by atoms with Crippen molar-refractivity contribution in [3.05, 3.63) is 46.8 Å². The topological polar surface area (TPSA) is 68.2 Å². The van der Waals surface area contributed by atoms with E-state index in [0.717, 1.165) is 18.5 Å². The maximum atomic E-state index is 6.08. The minimum atomic E-state index is 0.446. The van der Waals surface area contributed by atoms with Crippen molar-refractivity contribution in [2.24, 2.45) is 17.8 Å². The third-order valence-corrected chi connectivity index (χ3v) is 4.67. The standard InChI is InChI=1S/C19H27N5/c1-13(2)14-7-6-8-15(11-14)22-19(20)21-12-18-16-9-4-5-10-17(16)23-24(18)3/h6-8,11,13H,4-5,9-10,12H2,1-3H3,(H3,20,21,22). The number of nitrogens with zero attached hydrogens (tertiary/aromatic N) is 3. The number of aliphatic imine (C=N–C) groups is 1. The van der Waals surface area contributed by atoms with Crippen LogP contribution in [0, 0.1) is 0 Å². The Morgan fingerprint density at radius 3 is 2.92 bits per heavy atom. The van der Waals surface area contributed by atoms with E-state index in [1.54, 1.807) is 0 Å². The summed E-state index contributed by atoms with van der Waals surface area (Å²) in [6.07, 6.45) is 4.67. The average Bonchev–Trinajstić information content (AvgIpc) is 2.88. The number of benzene rings is 1. The molecular formula is C19H27N5. The molecule has 0 aliphatic heterocycles. The molecule has 0 unspecified atom stereocenters. The van der Waals surface area contributed by atoms with Gasteiger partial charge in [0.2, 0.25) is 0 Å². The van der Waals surface area contributed by atoms with Crippen molar-refractivity contribution in [2.45, 2.75) is 52.0 Å². The minimum absolute atomic E-state index is 0.446. The monoisotopic (exact) mass is 325 g/mol. The minimum Gasteiger partial charge on any atom is -0.370 e. The van der Waals surface area contributed by atoms with Crippen molar-refractivity contribution in [2.75, 3.05) is 5.32 Å². The number of rotatable bonds is 4. The number of anilines is 1. The lowest BCUT2D eigenvalue weighted by atomic mass is 9.96. The summed E-state index contributed by atoms with van der Waals surface area (Å²) in [4.78, 5) is 4.53. The first-order valence-corrected chi connectivity index (χ1v) is 8.75. The Morgan fingerprint density at radius 2 is 2.12 bits per heavy atom. The van der Waals surface area contributed by atoms with Gasteiger partial charge in [-0.15, -0.1) is 0 Å². The molecule has 5 nitrogen and oxygen atoms in total. The summed E-state index contributed by atoms with van der Waals surface area (Å²) < 4.78 is 1.96.